The van der Waals surface area contributed by atoms with Gasteiger partial charge in [-0.05, 0) is 44.2 Å². The minimum Gasteiger partial charge on any atom is -0.369 e. The van der Waals surface area contributed by atoms with E-state index in [1.54, 1.807) is 0 Å². The van der Waals surface area contributed by atoms with Crippen LogP contribution >= 0.6 is 0 Å². The van der Waals surface area contributed by atoms with Gasteiger partial charge < -0.3 is 15.1 Å². The maximum Gasteiger partial charge on any atom is 0.227 e. The highest BCUT2D eigenvalue weighted by atomic mass is 16.1. The van der Waals surface area contributed by atoms with Crippen molar-refractivity contribution in [3.05, 3.63) is 24.3 Å². The third kappa shape index (κ3) is 4.21. The molecule has 1 aromatic carbocycles. The lowest BCUT2D eigenvalue weighted by molar-refractivity contribution is -0.120. The number of benzene rings is 1. The first kappa shape index (κ1) is 15.8. The van der Waals surface area contributed by atoms with Crippen molar-refractivity contribution in [3.63, 3.8) is 0 Å². The average molecular weight is 289 g/mol. The fourth-order valence-electron chi connectivity index (χ4n) is 2.72. The molecule has 0 atom stereocenters. The molecule has 21 heavy (non-hydrogen) atoms. The van der Waals surface area contributed by atoms with Gasteiger partial charge >= 0.3 is 0 Å². The Labute approximate surface area is 128 Å². The van der Waals surface area contributed by atoms with Crippen LogP contribution in [0.25, 0.3) is 0 Å². The molecule has 0 saturated carbocycles. The molecule has 1 fully saturated rings. The molecule has 1 heterocycles. The lowest BCUT2D eigenvalue weighted by Gasteiger charge is -2.34. The number of nitrogens with one attached hydrogen (secondary N) is 1. The lowest BCUT2D eigenvalue weighted by Crippen LogP contribution is -2.44. The largest absolute Gasteiger partial charge is 0.369 e. The first-order chi connectivity index (χ1) is 10.1. The lowest BCUT2D eigenvalue weighted by atomic mass is 10.0. The summed E-state index contributed by atoms with van der Waals surface area (Å²) in [5.41, 5.74) is 2.13. The van der Waals surface area contributed by atoms with E-state index in [-0.39, 0.29) is 11.8 Å². The number of hydrogen-bond acceptors (Lipinski definition) is 3. The third-order valence-corrected chi connectivity index (χ3v) is 4.36. The molecule has 116 valence electrons. The number of nitrogens with zero attached hydrogens (tertiary/aromatic N) is 2. The average Bonchev–Trinajstić information content (AvgIpc) is 2.50. The Bertz CT molecular complexity index is 446. The van der Waals surface area contributed by atoms with Crippen molar-refractivity contribution in [1.82, 2.24) is 4.90 Å². The number of carbonyl (C=O) groups is 1. The second-order valence-electron chi connectivity index (χ2n) is 5.84. The minimum atomic E-state index is 0.113. The van der Waals surface area contributed by atoms with Gasteiger partial charge in [0.05, 0.1) is 0 Å². The van der Waals surface area contributed by atoms with Gasteiger partial charge in [0.25, 0.3) is 0 Å². The topological polar surface area (TPSA) is 35.6 Å². The summed E-state index contributed by atoms with van der Waals surface area (Å²) in [7, 11) is 2.16. The van der Waals surface area contributed by atoms with E-state index in [0.29, 0.717) is 0 Å². The zero-order chi connectivity index (χ0) is 15.2. The van der Waals surface area contributed by atoms with Crippen LogP contribution in [0.4, 0.5) is 11.4 Å². The first-order valence-corrected chi connectivity index (χ1v) is 7.98. The van der Waals surface area contributed by atoms with E-state index in [1.807, 2.05) is 12.1 Å². The highest BCUT2D eigenvalue weighted by molar-refractivity contribution is 5.92. The fraction of sp³-hybridized carbons (Fsp3) is 0.588. The first-order valence-electron chi connectivity index (χ1n) is 7.98. The molecule has 0 bridgehead atoms. The van der Waals surface area contributed by atoms with E-state index in [2.05, 4.69) is 48.1 Å². The third-order valence-electron chi connectivity index (χ3n) is 4.36. The number of likely N-dealkylation sites (N-methyl/N-ethyl adjacent to an activating group) is 1. The molecule has 0 spiro atoms. The predicted octanol–water partition coefficient (Wildman–Crippen LogP) is 2.81. The van der Waals surface area contributed by atoms with Gasteiger partial charge in [-0.15, -0.1) is 0 Å². The Hall–Kier alpha value is -1.55. The fourth-order valence-corrected chi connectivity index (χ4v) is 2.72. The summed E-state index contributed by atoms with van der Waals surface area (Å²) < 4.78 is 0. The zero-order valence-corrected chi connectivity index (χ0v) is 13.4. The van der Waals surface area contributed by atoms with Crippen LogP contribution in [0.1, 0.15) is 26.7 Å². The van der Waals surface area contributed by atoms with E-state index >= 15 is 0 Å². The van der Waals surface area contributed by atoms with Crippen molar-refractivity contribution in [3.8, 4) is 0 Å². The zero-order valence-electron chi connectivity index (χ0n) is 13.4. The molecule has 0 aromatic heterocycles. The van der Waals surface area contributed by atoms with Crippen LogP contribution in [0.2, 0.25) is 0 Å². The van der Waals surface area contributed by atoms with Crippen LogP contribution in [-0.2, 0) is 4.79 Å². The summed E-state index contributed by atoms with van der Waals surface area (Å²) in [6, 6.07) is 8.23. The van der Waals surface area contributed by atoms with Crippen molar-refractivity contribution in [2.24, 2.45) is 5.92 Å². The normalized spacial score (nSPS) is 16.3. The van der Waals surface area contributed by atoms with Gasteiger partial charge in [-0.25, -0.2) is 0 Å². The van der Waals surface area contributed by atoms with Crippen LogP contribution in [-0.4, -0.2) is 44.0 Å². The van der Waals surface area contributed by atoms with Crippen molar-refractivity contribution in [2.45, 2.75) is 26.7 Å². The number of piperazine rings is 1. The van der Waals surface area contributed by atoms with Gasteiger partial charge in [-0.3, -0.25) is 4.79 Å². The minimum absolute atomic E-state index is 0.113. The van der Waals surface area contributed by atoms with Crippen molar-refractivity contribution in [2.75, 3.05) is 43.4 Å². The van der Waals surface area contributed by atoms with Gasteiger partial charge in [0.15, 0.2) is 0 Å². The van der Waals surface area contributed by atoms with Crippen molar-refractivity contribution >= 4 is 17.3 Å². The Morgan fingerprint density at radius 2 is 1.67 bits per heavy atom. The summed E-state index contributed by atoms with van der Waals surface area (Å²) in [4.78, 5) is 16.8. The Morgan fingerprint density at radius 3 is 2.19 bits per heavy atom. The maximum absolute atomic E-state index is 12.1. The molecule has 2 rings (SSSR count). The van der Waals surface area contributed by atoms with Crippen LogP contribution in [0, 0.1) is 5.92 Å². The number of amides is 1. The summed E-state index contributed by atoms with van der Waals surface area (Å²) in [5.74, 6) is 0.245. The summed E-state index contributed by atoms with van der Waals surface area (Å²) >= 11 is 0. The Kier molecular flexibility index (Phi) is 5.62. The van der Waals surface area contributed by atoms with Gasteiger partial charge in [-0.1, -0.05) is 13.8 Å². The molecular formula is C17H27N3O. The van der Waals surface area contributed by atoms with Gasteiger partial charge in [0, 0.05) is 43.5 Å². The molecule has 0 unspecified atom stereocenters. The monoisotopic (exact) mass is 289 g/mol. The second-order valence-corrected chi connectivity index (χ2v) is 5.84. The summed E-state index contributed by atoms with van der Waals surface area (Å²) in [6.45, 7) is 8.46. The smallest absolute Gasteiger partial charge is 0.227 e. The Morgan fingerprint density at radius 1 is 1.10 bits per heavy atom. The standard InChI is InChI=1S/C17H27N3O/c1-4-14(5-2)17(21)18-15-6-8-16(9-7-15)20-12-10-19(3)11-13-20/h6-9,14H,4-5,10-13H2,1-3H3,(H,18,21). The van der Waals surface area contributed by atoms with Gasteiger partial charge in [0.1, 0.15) is 0 Å². The highest BCUT2D eigenvalue weighted by Crippen LogP contribution is 2.20. The van der Waals surface area contributed by atoms with E-state index < -0.39 is 0 Å². The van der Waals surface area contributed by atoms with Gasteiger partial charge in [-0.2, -0.15) is 0 Å². The molecule has 1 N–H and O–H groups in total. The van der Waals surface area contributed by atoms with Gasteiger partial charge in [0.2, 0.25) is 5.91 Å². The highest BCUT2D eigenvalue weighted by Gasteiger charge is 2.16. The number of rotatable bonds is 5. The van der Waals surface area contributed by atoms with Crippen LogP contribution < -0.4 is 10.2 Å². The second kappa shape index (κ2) is 7.46. The molecule has 1 aliphatic rings. The summed E-state index contributed by atoms with van der Waals surface area (Å²) in [5, 5.41) is 3.02. The summed E-state index contributed by atoms with van der Waals surface area (Å²) in [6.07, 6.45) is 1.78. The SMILES string of the molecule is CCC(CC)C(=O)Nc1ccc(N2CCN(C)CC2)cc1. The molecule has 0 aliphatic carbocycles. The molecule has 1 aromatic rings. The quantitative estimate of drug-likeness (QED) is 0.905. The molecule has 1 saturated heterocycles. The van der Waals surface area contributed by atoms with Crippen LogP contribution in [0.15, 0.2) is 24.3 Å². The maximum atomic E-state index is 12.1. The molecule has 1 amide bonds. The molecule has 4 nitrogen and oxygen atoms in total. The predicted molar refractivity (Wildman–Crippen MR) is 88.9 cm³/mol. The number of hydrogen-bond donors (Lipinski definition) is 1. The van der Waals surface area contributed by atoms with Crippen molar-refractivity contribution in [1.29, 1.82) is 0 Å². The number of anilines is 2. The van der Waals surface area contributed by atoms with E-state index in [4.69, 9.17) is 0 Å². The van der Waals surface area contributed by atoms with Crippen LogP contribution in [0.3, 0.4) is 0 Å². The van der Waals surface area contributed by atoms with E-state index in [1.165, 1.54) is 5.69 Å². The van der Waals surface area contributed by atoms with E-state index in [9.17, 15) is 4.79 Å². The molecule has 1 aliphatic heterocycles. The molecule has 0 radical (unpaired) electrons. The number of carbonyl (C=O) groups excluding carboxylic acids is 1. The van der Waals surface area contributed by atoms with Crippen molar-refractivity contribution < 1.29 is 4.79 Å². The van der Waals surface area contributed by atoms with E-state index in [0.717, 1.165) is 44.7 Å². The molecular weight excluding hydrogens is 262 g/mol. The Balaban J connectivity index is 1.94. The molecule has 4 heteroatoms. The van der Waals surface area contributed by atoms with Crippen LogP contribution in [0.5, 0.6) is 0 Å².